The summed E-state index contributed by atoms with van der Waals surface area (Å²) in [5.41, 5.74) is 1.81. The van der Waals surface area contributed by atoms with E-state index in [0.29, 0.717) is 13.3 Å². The minimum absolute atomic E-state index is 0.0270. The van der Waals surface area contributed by atoms with Gasteiger partial charge in [0.2, 0.25) is 12.3 Å². The van der Waals surface area contributed by atoms with Crippen LogP contribution in [0.5, 0.6) is 5.75 Å². The van der Waals surface area contributed by atoms with E-state index < -0.39 is 0 Å². The maximum absolute atomic E-state index is 12.7. The van der Waals surface area contributed by atoms with Crippen LogP contribution < -0.4 is 20.5 Å². The van der Waals surface area contributed by atoms with Gasteiger partial charge in [-0.3, -0.25) is 9.59 Å². The van der Waals surface area contributed by atoms with Crippen molar-refractivity contribution in [1.29, 1.82) is 0 Å². The van der Waals surface area contributed by atoms with Crippen LogP contribution in [-0.4, -0.2) is 43.9 Å². The van der Waals surface area contributed by atoms with E-state index in [2.05, 4.69) is 39.9 Å². The highest BCUT2D eigenvalue weighted by Crippen LogP contribution is 2.27. The highest BCUT2D eigenvalue weighted by molar-refractivity contribution is 7.17. The van der Waals surface area contributed by atoms with Crippen LogP contribution >= 0.6 is 11.3 Å². The van der Waals surface area contributed by atoms with Crippen molar-refractivity contribution < 1.29 is 19.2 Å². The van der Waals surface area contributed by atoms with Gasteiger partial charge in [0.05, 0.1) is 37.7 Å². The normalized spacial score (nSPS) is 14.9. The van der Waals surface area contributed by atoms with Crippen LogP contribution in [0.4, 0.5) is 5.69 Å². The van der Waals surface area contributed by atoms with Crippen LogP contribution in [0.1, 0.15) is 44.9 Å². The molecule has 39 heavy (non-hydrogen) atoms. The minimum Gasteiger partial charge on any atom is -0.494 e. The van der Waals surface area contributed by atoms with Crippen molar-refractivity contribution in [2.45, 2.75) is 44.9 Å². The van der Waals surface area contributed by atoms with Crippen molar-refractivity contribution in [3.63, 3.8) is 0 Å². The number of benzene rings is 2. The largest absolute Gasteiger partial charge is 0.494 e. The average molecular weight is 549 g/mol. The first kappa shape index (κ1) is 27.2. The number of nitrogens with one attached hydrogen (secondary N) is 3. The standard InChI is InChI=1S/C31H37N3O4S/c35-30-14-12-23-11-13-25(21-28(23)33-30)37-19-5-4-17-34(22-38-31(36)24-7-2-1-3-8-24)18-16-32-27-9-6-10-29-26(27)15-20-39-29/h6,9-15,20-21,24,32H,1-5,7-8,16-19,22H2,(H,33,35)/p+1. The topological polar surface area (TPSA) is 84.9 Å². The second-order valence-corrected chi connectivity index (χ2v) is 11.3. The first-order valence-electron chi connectivity index (χ1n) is 14.1. The molecule has 4 aromatic rings. The summed E-state index contributed by atoms with van der Waals surface area (Å²) in [5, 5.41) is 7.95. The van der Waals surface area contributed by atoms with Gasteiger partial charge >= 0.3 is 5.97 Å². The molecule has 0 spiro atoms. The van der Waals surface area contributed by atoms with Gasteiger partial charge in [-0.15, -0.1) is 11.3 Å². The highest BCUT2D eigenvalue weighted by Gasteiger charge is 2.23. The van der Waals surface area contributed by atoms with Crippen molar-refractivity contribution in [2.24, 2.45) is 5.92 Å². The van der Waals surface area contributed by atoms with E-state index in [1.54, 1.807) is 11.3 Å². The second kappa shape index (κ2) is 13.6. The van der Waals surface area contributed by atoms with E-state index in [1.165, 1.54) is 27.5 Å². The number of carbonyl (C=O) groups is 1. The molecule has 0 aliphatic heterocycles. The van der Waals surface area contributed by atoms with Crippen LogP contribution in [0.2, 0.25) is 0 Å². The number of hydrogen-bond acceptors (Lipinski definition) is 6. The Hall–Kier alpha value is -3.36. The van der Waals surface area contributed by atoms with Crippen LogP contribution in [0.25, 0.3) is 21.0 Å². The number of pyridine rings is 1. The molecule has 0 amide bonds. The van der Waals surface area contributed by atoms with Gasteiger partial charge in [-0.1, -0.05) is 25.3 Å². The first-order valence-corrected chi connectivity index (χ1v) is 15.0. The van der Waals surface area contributed by atoms with Crippen molar-refractivity contribution in [3.05, 3.63) is 70.3 Å². The molecule has 1 fully saturated rings. The molecule has 1 saturated carbocycles. The number of carbonyl (C=O) groups excluding carboxylic acids is 1. The monoisotopic (exact) mass is 548 g/mol. The van der Waals surface area contributed by atoms with Crippen LogP contribution in [0.15, 0.2) is 64.8 Å². The van der Waals surface area contributed by atoms with Gasteiger partial charge in [0.15, 0.2) is 0 Å². The molecular weight excluding hydrogens is 510 g/mol. The molecule has 8 heteroatoms. The van der Waals surface area contributed by atoms with Gasteiger partial charge in [0, 0.05) is 27.9 Å². The smallest absolute Gasteiger partial charge is 0.313 e. The molecule has 1 unspecified atom stereocenters. The molecule has 2 aromatic carbocycles. The number of esters is 1. The Balaban J connectivity index is 1.10. The quantitative estimate of drug-likeness (QED) is 0.125. The fourth-order valence-corrected chi connectivity index (χ4v) is 6.12. The number of rotatable bonds is 13. The zero-order valence-corrected chi connectivity index (χ0v) is 23.2. The summed E-state index contributed by atoms with van der Waals surface area (Å²) in [5.74, 6) is 0.794. The summed E-state index contributed by atoms with van der Waals surface area (Å²) in [6.45, 7) is 3.56. The van der Waals surface area contributed by atoms with Gasteiger partial charge in [0.1, 0.15) is 5.75 Å². The van der Waals surface area contributed by atoms with Gasteiger partial charge in [-0.05, 0) is 72.8 Å². The van der Waals surface area contributed by atoms with Crippen LogP contribution in [0, 0.1) is 5.92 Å². The molecule has 1 aliphatic carbocycles. The molecule has 1 atom stereocenters. The summed E-state index contributed by atoms with van der Waals surface area (Å²) in [6.07, 6.45) is 7.25. The molecule has 0 bridgehead atoms. The van der Waals surface area contributed by atoms with Gasteiger partial charge in [0.25, 0.3) is 0 Å². The third kappa shape index (κ3) is 7.61. The number of thiophene rings is 1. The van der Waals surface area contributed by atoms with E-state index in [4.69, 9.17) is 9.47 Å². The zero-order valence-electron chi connectivity index (χ0n) is 22.4. The number of ether oxygens (including phenoxy) is 2. The lowest BCUT2D eigenvalue weighted by atomic mass is 9.89. The van der Waals surface area contributed by atoms with Crippen LogP contribution in [0.3, 0.4) is 0 Å². The Labute approximate surface area is 233 Å². The molecule has 5 rings (SSSR count). The number of aromatic nitrogens is 1. The average Bonchev–Trinajstić information content (AvgIpc) is 3.45. The molecule has 1 aliphatic rings. The molecule has 2 aromatic heterocycles. The van der Waals surface area contributed by atoms with Gasteiger partial charge in [-0.2, -0.15) is 0 Å². The maximum atomic E-state index is 12.7. The first-order chi connectivity index (χ1) is 19.2. The second-order valence-electron chi connectivity index (χ2n) is 10.4. The Bertz CT molecular complexity index is 1430. The Morgan fingerprint density at radius 1 is 1.03 bits per heavy atom. The molecule has 206 valence electrons. The third-order valence-electron chi connectivity index (χ3n) is 7.54. The summed E-state index contributed by atoms with van der Waals surface area (Å²) >= 11 is 1.75. The molecule has 3 N–H and O–H groups in total. The number of quaternary nitrogens is 1. The number of fused-ring (bicyclic) bond motifs is 2. The Morgan fingerprint density at radius 3 is 2.79 bits per heavy atom. The zero-order chi connectivity index (χ0) is 26.9. The molecular formula is C31H38N3O4S+. The lowest BCUT2D eigenvalue weighted by Crippen LogP contribution is -3.13. The van der Waals surface area contributed by atoms with E-state index in [9.17, 15) is 9.59 Å². The SMILES string of the molecule is O=C(OC[NH+](CCCCOc1ccc2ccc(=O)[nH]c2c1)CCNc1cccc2sccc12)C1CCCCC1. The van der Waals surface area contributed by atoms with Crippen LogP contribution in [-0.2, 0) is 9.53 Å². The molecule has 7 nitrogen and oxygen atoms in total. The van der Waals surface area contributed by atoms with E-state index in [-0.39, 0.29) is 17.4 Å². The Kier molecular flexibility index (Phi) is 9.51. The number of aromatic amines is 1. The number of hydrogen-bond donors (Lipinski definition) is 3. The predicted octanol–water partition coefficient (Wildman–Crippen LogP) is 4.98. The maximum Gasteiger partial charge on any atom is 0.313 e. The fraction of sp³-hybridized carbons (Fsp3) is 0.419. The third-order valence-corrected chi connectivity index (χ3v) is 8.42. The molecule has 0 saturated heterocycles. The summed E-state index contributed by atoms with van der Waals surface area (Å²) in [4.78, 5) is 28.4. The molecule has 0 radical (unpaired) electrons. The number of H-pyrrole nitrogens is 1. The van der Waals surface area contributed by atoms with E-state index >= 15 is 0 Å². The summed E-state index contributed by atoms with van der Waals surface area (Å²) in [7, 11) is 0. The minimum atomic E-state index is -0.117. The van der Waals surface area contributed by atoms with Crippen molar-refractivity contribution >= 4 is 44.0 Å². The van der Waals surface area contributed by atoms with Gasteiger partial charge < -0.3 is 24.7 Å². The van der Waals surface area contributed by atoms with Crippen molar-refractivity contribution in [2.75, 3.05) is 38.3 Å². The Morgan fingerprint density at radius 2 is 1.90 bits per heavy atom. The van der Waals surface area contributed by atoms with E-state index in [0.717, 1.165) is 80.5 Å². The summed E-state index contributed by atoms with van der Waals surface area (Å²) < 4.78 is 13.1. The highest BCUT2D eigenvalue weighted by atomic mass is 32.1. The van der Waals surface area contributed by atoms with Crippen molar-refractivity contribution in [1.82, 2.24) is 4.98 Å². The lowest BCUT2D eigenvalue weighted by molar-refractivity contribution is -0.916. The van der Waals surface area contributed by atoms with Crippen molar-refractivity contribution in [3.8, 4) is 5.75 Å². The molecule has 2 heterocycles. The lowest BCUT2D eigenvalue weighted by Gasteiger charge is -2.23. The fourth-order valence-electron chi connectivity index (χ4n) is 5.31. The predicted molar refractivity (Wildman–Crippen MR) is 158 cm³/mol. The number of unbranched alkanes of at least 4 members (excludes halogenated alkanes) is 1. The van der Waals surface area contributed by atoms with Gasteiger partial charge in [-0.25, -0.2) is 0 Å². The van der Waals surface area contributed by atoms with E-state index in [1.807, 2.05) is 24.3 Å². The summed E-state index contributed by atoms with van der Waals surface area (Å²) in [6, 6.07) is 17.6. The number of anilines is 1.